The van der Waals surface area contributed by atoms with Gasteiger partial charge >= 0.3 is 6.18 Å². The summed E-state index contributed by atoms with van der Waals surface area (Å²) in [4.78, 5) is 15.3. The molecule has 3 N–H and O–H groups in total. The molecule has 0 radical (unpaired) electrons. The molecule has 0 atom stereocenters. The second-order valence-electron chi connectivity index (χ2n) is 5.60. The average molecular weight is 308 g/mol. The first kappa shape index (κ1) is 15.9. The van der Waals surface area contributed by atoms with Crippen molar-refractivity contribution in [3.05, 3.63) is 0 Å². The fourth-order valence-electron chi connectivity index (χ4n) is 2.87. The molecule has 1 saturated carbocycles. The van der Waals surface area contributed by atoms with Crippen LogP contribution in [0.15, 0.2) is 5.16 Å². The Morgan fingerprint density at radius 2 is 1.81 bits per heavy atom. The van der Waals surface area contributed by atoms with Crippen molar-refractivity contribution in [2.45, 2.75) is 25.4 Å². The number of carbonyl (C=O) groups is 1. The van der Waals surface area contributed by atoms with Crippen molar-refractivity contribution in [3.8, 4) is 0 Å². The molecule has 0 aromatic heterocycles. The fraction of sp³-hybridized carbons (Fsp3) is 0.833. The van der Waals surface area contributed by atoms with Crippen molar-refractivity contribution in [2.24, 2.45) is 16.3 Å². The first-order chi connectivity index (χ1) is 9.78. The maximum absolute atomic E-state index is 12.5. The number of hydrogen-bond acceptors (Lipinski definition) is 4. The Labute approximate surface area is 120 Å². The number of amides is 1. The monoisotopic (exact) mass is 308 g/mol. The van der Waals surface area contributed by atoms with E-state index in [1.807, 2.05) is 0 Å². The highest BCUT2D eigenvalue weighted by Crippen LogP contribution is 2.43. The summed E-state index contributed by atoms with van der Waals surface area (Å²) in [5.74, 6) is -0.341. The van der Waals surface area contributed by atoms with E-state index in [4.69, 9.17) is 10.9 Å². The molecule has 0 unspecified atom stereocenters. The van der Waals surface area contributed by atoms with Crippen LogP contribution >= 0.6 is 0 Å². The van der Waals surface area contributed by atoms with Crippen LogP contribution in [0.5, 0.6) is 0 Å². The molecule has 6 nitrogen and oxygen atoms in total. The summed E-state index contributed by atoms with van der Waals surface area (Å²) in [7, 11) is 0. The van der Waals surface area contributed by atoms with Gasteiger partial charge in [-0.2, -0.15) is 13.2 Å². The van der Waals surface area contributed by atoms with Crippen molar-refractivity contribution in [2.75, 3.05) is 32.7 Å². The SMILES string of the molecule is NC(=NO)C1(C(=O)N2CCN(CC(F)(F)F)CC2)CCC1. The Bertz CT molecular complexity index is 427. The van der Waals surface area contributed by atoms with Crippen LogP contribution in [0.4, 0.5) is 13.2 Å². The molecule has 0 bridgehead atoms. The van der Waals surface area contributed by atoms with Gasteiger partial charge in [-0.05, 0) is 12.8 Å². The Morgan fingerprint density at radius 1 is 1.24 bits per heavy atom. The number of piperazine rings is 1. The van der Waals surface area contributed by atoms with Gasteiger partial charge in [-0.25, -0.2) is 0 Å². The smallest absolute Gasteiger partial charge is 0.401 e. The third-order valence-corrected chi connectivity index (χ3v) is 4.28. The largest absolute Gasteiger partial charge is 0.409 e. The summed E-state index contributed by atoms with van der Waals surface area (Å²) < 4.78 is 37.0. The zero-order valence-corrected chi connectivity index (χ0v) is 11.6. The Hall–Kier alpha value is -1.51. The van der Waals surface area contributed by atoms with Crippen LogP contribution in [0, 0.1) is 5.41 Å². The molecule has 1 saturated heterocycles. The van der Waals surface area contributed by atoms with Gasteiger partial charge in [0.25, 0.3) is 0 Å². The van der Waals surface area contributed by atoms with Crippen molar-refractivity contribution >= 4 is 11.7 Å². The van der Waals surface area contributed by atoms with E-state index in [0.29, 0.717) is 12.8 Å². The summed E-state index contributed by atoms with van der Waals surface area (Å²) in [5, 5.41) is 11.8. The highest BCUT2D eigenvalue weighted by Gasteiger charge is 2.50. The molecule has 1 heterocycles. The second kappa shape index (κ2) is 5.70. The minimum atomic E-state index is -4.23. The predicted molar refractivity (Wildman–Crippen MR) is 68.8 cm³/mol. The van der Waals surface area contributed by atoms with Crippen molar-refractivity contribution in [1.29, 1.82) is 0 Å². The quantitative estimate of drug-likeness (QED) is 0.346. The van der Waals surface area contributed by atoms with E-state index in [9.17, 15) is 18.0 Å². The summed E-state index contributed by atoms with van der Waals surface area (Å²) in [6, 6.07) is 0. The lowest BCUT2D eigenvalue weighted by Crippen LogP contribution is -2.59. The topological polar surface area (TPSA) is 82.2 Å². The first-order valence-electron chi connectivity index (χ1n) is 6.85. The fourth-order valence-corrected chi connectivity index (χ4v) is 2.87. The Balaban J connectivity index is 1.94. The summed E-state index contributed by atoms with van der Waals surface area (Å²) in [6.45, 7) is -0.139. The Morgan fingerprint density at radius 3 is 2.19 bits per heavy atom. The van der Waals surface area contributed by atoms with Gasteiger partial charge in [-0.15, -0.1) is 0 Å². The molecule has 9 heteroatoms. The molecular weight excluding hydrogens is 289 g/mol. The molecule has 2 fully saturated rings. The molecule has 1 aliphatic carbocycles. The number of halogens is 3. The lowest BCUT2D eigenvalue weighted by atomic mass is 9.66. The number of carbonyl (C=O) groups excluding carboxylic acids is 1. The number of nitrogens with two attached hydrogens (primary N) is 1. The zero-order valence-electron chi connectivity index (χ0n) is 11.6. The molecule has 2 aliphatic rings. The molecule has 0 aromatic rings. The van der Waals surface area contributed by atoms with Crippen LogP contribution in [-0.4, -0.2) is 65.6 Å². The molecule has 1 aliphatic heterocycles. The normalized spacial score (nSPS) is 23.8. The highest BCUT2D eigenvalue weighted by atomic mass is 19.4. The molecule has 0 aromatic carbocycles. The number of oxime groups is 1. The standard InChI is InChI=1S/C12H19F3N4O2/c13-12(14,15)8-18-4-6-19(7-5-18)10(20)11(2-1-3-11)9(16)17-21/h21H,1-8H2,(H2,16,17). The van der Waals surface area contributed by atoms with Gasteiger partial charge < -0.3 is 15.8 Å². The van der Waals surface area contributed by atoms with E-state index >= 15 is 0 Å². The van der Waals surface area contributed by atoms with E-state index in [1.165, 1.54) is 9.80 Å². The lowest BCUT2D eigenvalue weighted by molar-refractivity contribution is -0.155. The molecule has 2 rings (SSSR count). The third-order valence-electron chi connectivity index (χ3n) is 4.28. The summed E-state index contributed by atoms with van der Waals surface area (Å²) in [5.41, 5.74) is 4.67. The maximum atomic E-state index is 12.5. The zero-order chi connectivity index (χ0) is 15.7. The predicted octanol–water partition coefficient (Wildman–Crippen LogP) is 0.610. The van der Waals surface area contributed by atoms with E-state index in [1.54, 1.807) is 0 Å². The van der Waals surface area contributed by atoms with Crippen molar-refractivity contribution in [1.82, 2.24) is 9.80 Å². The average Bonchev–Trinajstić information content (AvgIpc) is 2.36. The van der Waals surface area contributed by atoms with Gasteiger partial charge in [0, 0.05) is 26.2 Å². The van der Waals surface area contributed by atoms with Gasteiger partial charge in [0.1, 0.15) is 5.41 Å². The third kappa shape index (κ3) is 3.22. The minimum absolute atomic E-state index is 0.100. The van der Waals surface area contributed by atoms with Crippen LogP contribution in [0.3, 0.4) is 0 Å². The van der Waals surface area contributed by atoms with Gasteiger partial charge in [-0.1, -0.05) is 11.6 Å². The number of rotatable bonds is 3. The summed E-state index contributed by atoms with van der Waals surface area (Å²) >= 11 is 0. The number of alkyl halides is 3. The van der Waals surface area contributed by atoms with Crippen LogP contribution in [0.2, 0.25) is 0 Å². The number of amidine groups is 1. The van der Waals surface area contributed by atoms with Crippen molar-refractivity contribution in [3.63, 3.8) is 0 Å². The van der Waals surface area contributed by atoms with Crippen LogP contribution in [0.25, 0.3) is 0 Å². The van der Waals surface area contributed by atoms with Crippen LogP contribution in [0.1, 0.15) is 19.3 Å². The van der Waals surface area contributed by atoms with E-state index in [-0.39, 0.29) is 37.9 Å². The van der Waals surface area contributed by atoms with E-state index in [0.717, 1.165) is 6.42 Å². The lowest BCUT2D eigenvalue weighted by Gasteiger charge is -2.44. The van der Waals surface area contributed by atoms with Crippen molar-refractivity contribution < 1.29 is 23.2 Å². The number of hydrogen-bond donors (Lipinski definition) is 2. The molecular formula is C12H19F3N4O2. The van der Waals surface area contributed by atoms with Gasteiger partial charge in [0.15, 0.2) is 5.84 Å². The molecule has 120 valence electrons. The Kier molecular flexibility index (Phi) is 4.31. The molecule has 0 spiro atoms. The molecule has 1 amide bonds. The summed E-state index contributed by atoms with van der Waals surface area (Å²) in [6.07, 6.45) is -2.37. The second-order valence-corrected chi connectivity index (χ2v) is 5.60. The van der Waals surface area contributed by atoms with Gasteiger partial charge in [0.05, 0.1) is 6.54 Å². The highest BCUT2D eigenvalue weighted by molar-refractivity contribution is 6.07. The maximum Gasteiger partial charge on any atom is 0.401 e. The van der Waals surface area contributed by atoms with Gasteiger partial charge in [0.2, 0.25) is 5.91 Å². The first-order valence-corrected chi connectivity index (χ1v) is 6.85. The van der Waals surface area contributed by atoms with E-state index < -0.39 is 18.1 Å². The van der Waals surface area contributed by atoms with E-state index in [2.05, 4.69) is 5.16 Å². The molecule has 21 heavy (non-hydrogen) atoms. The van der Waals surface area contributed by atoms with Crippen LogP contribution < -0.4 is 5.73 Å². The minimum Gasteiger partial charge on any atom is -0.409 e. The van der Waals surface area contributed by atoms with Crippen LogP contribution in [-0.2, 0) is 4.79 Å². The van der Waals surface area contributed by atoms with Gasteiger partial charge in [-0.3, -0.25) is 9.69 Å². The number of nitrogens with zero attached hydrogens (tertiary/aromatic N) is 3.